The van der Waals surface area contributed by atoms with E-state index in [-0.39, 0.29) is 11.8 Å². The second-order valence-electron chi connectivity index (χ2n) is 7.74. The number of carbonyl (C=O) groups is 3. The summed E-state index contributed by atoms with van der Waals surface area (Å²) < 4.78 is 0. The minimum absolute atomic E-state index is 0.234. The first-order valence-electron chi connectivity index (χ1n) is 9.62. The number of amides is 4. The third-order valence-corrected chi connectivity index (χ3v) is 6.06. The number of rotatable bonds is 5. The van der Waals surface area contributed by atoms with Crippen LogP contribution in [0.5, 0.6) is 0 Å². The lowest BCUT2D eigenvalue weighted by Gasteiger charge is -2.33. The van der Waals surface area contributed by atoms with Gasteiger partial charge < -0.3 is 10.6 Å². The number of nitrogens with one attached hydrogen (secondary N) is 2. The zero-order chi connectivity index (χ0) is 18.0. The summed E-state index contributed by atoms with van der Waals surface area (Å²) in [5, 5.41) is 5.72. The molecule has 3 aliphatic rings. The van der Waals surface area contributed by atoms with Gasteiger partial charge in [0.1, 0.15) is 11.6 Å². The van der Waals surface area contributed by atoms with Crippen molar-refractivity contribution in [2.45, 2.75) is 76.4 Å². The van der Waals surface area contributed by atoms with Crippen LogP contribution in [0.1, 0.15) is 58.8 Å². The van der Waals surface area contributed by atoms with Crippen LogP contribution in [0.3, 0.4) is 0 Å². The van der Waals surface area contributed by atoms with Crippen LogP contribution < -0.4 is 10.6 Å². The van der Waals surface area contributed by atoms with E-state index >= 15 is 0 Å². The minimum Gasteiger partial charge on any atom is -0.353 e. The number of piperidine rings is 1. The Morgan fingerprint density at radius 3 is 2.68 bits per heavy atom. The maximum Gasteiger partial charge on any atom is 0.325 e. The Hall–Kier alpha value is -1.63. The van der Waals surface area contributed by atoms with Crippen molar-refractivity contribution < 1.29 is 14.4 Å². The molecule has 2 N–H and O–H groups in total. The van der Waals surface area contributed by atoms with Crippen molar-refractivity contribution in [3.8, 4) is 0 Å². The summed E-state index contributed by atoms with van der Waals surface area (Å²) >= 11 is 0. The van der Waals surface area contributed by atoms with Gasteiger partial charge in [0.25, 0.3) is 5.91 Å². The Labute approximate surface area is 149 Å². The first-order chi connectivity index (χ1) is 11.9. The fourth-order valence-corrected chi connectivity index (χ4v) is 4.39. The Bertz CT molecular complexity index is 544. The maximum atomic E-state index is 12.7. The van der Waals surface area contributed by atoms with E-state index in [1.54, 1.807) is 6.92 Å². The van der Waals surface area contributed by atoms with Gasteiger partial charge in [-0.2, -0.15) is 0 Å². The van der Waals surface area contributed by atoms with Gasteiger partial charge in [-0.05, 0) is 46.1 Å². The Morgan fingerprint density at radius 2 is 2.00 bits per heavy atom. The van der Waals surface area contributed by atoms with Gasteiger partial charge in [0.05, 0.1) is 0 Å². The number of hydrogen-bond acceptors (Lipinski definition) is 4. The molecule has 4 amide bonds. The molecule has 1 aliphatic carbocycles. The lowest BCUT2D eigenvalue weighted by molar-refractivity contribution is -0.137. The van der Waals surface area contributed by atoms with Crippen LogP contribution in [0.4, 0.5) is 4.79 Å². The van der Waals surface area contributed by atoms with Crippen LogP contribution in [0.2, 0.25) is 0 Å². The largest absolute Gasteiger partial charge is 0.353 e. The smallest absolute Gasteiger partial charge is 0.325 e. The maximum absolute atomic E-state index is 12.7. The van der Waals surface area contributed by atoms with Gasteiger partial charge in [0.15, 0.2) is 0 Å². The molecule has 2 heterocycles. The molecule has 0 aromatic rings. The molecular formula is C18H30N4O3. The van der Waals surface area contributed by atoms with Gasteiger partial charge in [0.2, 0.25) is 5.91 Å². The quantitative estimate of drug-likeness (QED) is 0.731. The van der Waals surface area contributed by atoms with E-state index < -0.39 is 17.6 Å². The summed E-state index contributed by atoms with van der Waals surface area (Å²) in [6.07, 6.45) is 6.91. The zero-order valence-electron chi connectivity index (χ0n) is 15.3. The summed E-state index contributed by atoms with van der Waals surface area (Å²) in [5.41, 5.74) is -0.755. The zero-order valence-corrected chi connectivity index (χ0v) is 15.3. The Morgan fingerprint density at radius 1 is 1.28 bits per heavy atom. The highest BCUT2D eigenvalue weighted by Crippen LogP contribution is 2.35. The molecule has 0 aromatic heterocycles. The van der Waals surface area contributed by atoms with Gasteiger partial charge in [-0.25, -0.2) is 9.69 Å². The average molecular weight is 350 g/mol. The van der Waals surface area contributed by atoms with Gasteiger partial charge in [-0.15, -0.1) is 0 Å². The van der Waals surface area contributed by atoms with E-state index in [4.69, 9.17) is 0 Å². The van der Waals surface area contributed by atoms with Gasteiger partial charge in [-0.3, -0.25) is 14.5 Å². The molecular weight excluding hydrogens is 320 g/mol. The van der Waals surface area contributed by atoms with Crippen LogP contribution in [-0.4, -0.2) is 64.9 Å². The Balaban J connectivity index is 1.52. The van der Waals surface area contributed by atoms with Crippen molar-refractivity contribution in [2.24, 2.45) is 0 Å². The third kappa shape index (κ3) is 3.52. The summed E-state index contributed by atoms with van der Waals surface area (Å²) in [5.74, 6) is -0.495. The molecule has 2 aliphatic heterocycles. The molecule has 2 unspecified atom stereocenters. The highest BCUT2D eigenvalue weighted by atomic mass is 16.2. The van der Waals surface area contributed by atoms with Crippen molar-refractivity contribution in [1.82, 2.24) is 20.4 Å². The normalized spacial score (nSPS) is 27.6. The number of hydrogen-bond donors (Lipinski definition) is 2. The lowest BCUT2D eigenvalue weighted by Crippen LogP contribution is -2.51. The van der Waals surface area contributed by atoms with Gasteiger partial charge in [0, 0.05) is 19.1 Å². The van der Waals surface area contributed by atoms with Crippen molar-refractivity contribution in [3.63, 3.8) is 0 Å². The van der Waals surface area contributed by atoms with Crippen LogP contribution in [-0.2, 0) is 9.59 Å². The number of nitrogens with zero attached hydrogens (tertiary/aromatic N) is 2. The monoisotopic (exact) mass is 350 g/mol. The van der Waals surface area contributed by atoms with E-state index in [0.717, 1.165) is 30.8 Å². The molecule has 7 heteroatoms. The molecule has 140 valence electrons. The molecule has 0 radical (unpaired) electrons. The predicted octanol–water partition coefficient (Wildman–Crippen LogP) is 1.23. The van der Waals surface area contributed by atoms with E-state index in [9.17, 15) is 14.4 Å². The SMILES string of the molecule is CC1CCCCN1CCNC(=O)C(C)N1C(=O)NC2(CCCC2)C1=O. The molecule has 0 aromatic carbocycles. The minimum atomic E-state index is -0.772. The molecule has 1 saturated carbocycles. The molecule has 25 heavy (non-hydrogen) atoms. The summed E-state index contributed by atoms with van der Waals surface area (Å²) in [4.78, 5) is 40.9. The number of imide groups is 1. The number of carbonyl (C=O) groups excluding carboxylic acids is 3. The first kappa shape index (κ1) is 18.2. The van der Waals surface area contributed by atoms with Gasteiger partial charge >= 0.3 is 6.03 Å². The molecule has 7 nitrogen and oxygen atoms in total. The van der Waals surface area contributed by atoms with Gasteiger partial charge in [-0.1, -0.05) is 19.3 Å². The summed E-state index contributed by atoms with van der Waals surface area (Å²) in [6, 6.07) is -0.651. The lowest BCUT2D eigenvalue weighted by atomic mass is 9.97. The van der Waals surface area contributed by atoms with Crippen LogP contribution in [0.15, 0.2) is 0 Å². The second-order valence-corrected chi connectivity index (χ2v) is 7.74. The average Bonchev–Trinajstić information content (AvgIpc) is 3.14. The van der Waals surface area contributed by atoms with Crippen molar-refractivity contribution in [2.75, 3.05) is 19.6 Å². The second kappa shape index (κ2) is 7.32. The molecule has 0 bridgehead atoms. The third-order valence-electron chi connectivity index (χ3n) is 6.06. The highest BCUT2D eigenvalue weighted by molar-refractivity contribution is 6.09. The molecule has 2 saturated heterocycles. The van der Waals surface area contributed by atoms with Crippen LogP contribution in [0.25, 0.3) is 0 Å². The molecule has 2 atom stereocenters. The topological polar surface area (TPSA) is 81.8 Å². The van der Waals surface area contributed by atoms with Crippen LogP contribution in [0, 0.1) is 0 Å². The Kier molecular flexibility index (Phi) is 5.32. The summed E-state index contributed by atoms with van der Waals surface area (Å²) in [7, 11) is 0. The molecule has 1 spiro atoms. The number of urea groups is 1. The first-order valence-corrected chi connectivity index (χ1v) is 9.62. The number of likely N-dealkylation sites (tertiary alicyclic amines) is 1. The molecule has 3 rings (SSSR count). The van der Waals surface area contributed by atoms with E-state index in [0.29, 0.717) is 25.4 Å². The van der Waals surface area contributed by atoms with E-state index in [1.807, 2.05) is 0 Å². The van der Waals surface area contributed by atoms with Crippen molar-refractivity contribution >= 4 is 17.8 Å². The van der Waals surface area contributed by atoms with Crippen LogP contribution >= 0.6 is 0 Å². The fourth-order valence-electron chi connectivity index (χ4n) is 4.39. The molecule has 3 fully saturated rings. The predicted molar refractivity (Wildman–Crippen MR) is 93.9 cm³/mol. The van der Waals surface area contributed by atoms with E-state index in [1.165, 1.54) is 19.3 Å². The van der Waals surface area contributed by atoms with Crippen molar-refractivity contribution in [1.29, 1.82) is 0 Å². The fraction of sp³-hybridized carbons (Fsp3) is 0.833. The standard InChI is InChI=1S/C18H30N4O3/c1-13-7-3-6-11-21(13)12-10-19-15(23)14(2)22-16(24)18(20-17(22)25)8-4-5-9-18/h13-14H,3-12H2,1-2H3,(H,19,23)(H,20,25). The summed E-state index contributed by atoms with van der Waals surface area (Å²) in [6.45, 7) is 6.27. The highest BCUT2D eigenvalue weighted by Gasteiger charge is 2.54. The van der Waals surface area contributed by atoms with E-state index in [2.05, 4.69) is 22.5 Å². The van der Waals surface area contributed by atoms with Crippen molar-refractivity contribution in [3.05, 3.63) is 0 Å².